The molecule has 1 atom stereocenters. The van der Waals surface area contributed by atoms with E-state index >= 15 is 0 Å². The van der Waals surface area contributed by atoms with Crippen molar-refractivity contribution in [2.75, 3.05) is 20.2 Å². The zero-order valence-electron chi connectivity index (χ0n) is 11.5. The third-order valence-corrected chi connectivity index (χ3v) is 4.36. The summed E-state index contributed by atoms with van der Waals surface area (Å²) >= 11 is 6.01. The third kappa shape index (κ3) is 2.77. The Hall–Kier alpha value is -1.06. The van der Waals surface area contributed by atoms with E-state index < -0.39 is 0 Å². The van der Waals surface area contributed by atoms with Crippen LogP contribution >= 0.6 is 11.6 Å². The summed E-state index contributed by atoms with van der Waals surface area (Å²) in [6.45, 7) is 3.84. The molecule has 1 fully saturated rings. The maximum Gasteiger partial charge on any atom is 0.170 e. The fraction of sp³-hybridized carbons (Fsp3) is 0.533. The first kappa shape index (κ1) is 14.4. The average Bonchev–Trinajstić information content (AvgIpc) is 2.47. The Morgan fingerprint density at radius 3 is 2.89 bits per heavy atom. The SMILES string of the molecule is CCC1(C(=O)c2ccc(Cl)c(OC)c2)CCCNC1. The maximum atomic E-state index is 12.8. The zero-order valence-corrected chi connectivity index (χ0v) is 12.2. The van der Waals surface area contributed by atoms with Crippen molar-refractivity contribution in [3.05, 3.63) is 28.8 Å². The monoisotopic (exact) mass is 281 g/mol. The van der Waals surface area contributed by atoms with E-state index in [1.54, 1.807) is 25.3 Å². The lowest BCUT2D eigenvalue weighted by Gasteiger charge is -2.35. The van der Waals surface area contributed by atoms with Crippen molar-refractivity contribution in [3.8, 4) is 5.75 Å². The van der Waals surface area contributed by atoms with Gasteiger partial charge in [-0.05, 0) is 44.0 Å². The minimum atomic E-state index is -0.281. The van der Waals surface area contributed by atoms with Gasteiger partial charge in [-0.2, -0.15) is 0 Å². The third-order valence-electron chi connectivity index (χ3n) is 4.04. The molecule has 1 aliphatic heterocycles. The van der Waals surface area contributed by atoms with E-state index in [-0.39, 0.29) is 11.2 Å². The second-order valence-corrected chi connectivity index (χ2v) is 5.50. The molecule has 3 nitrogen and oxygen atoms in total. The molecule has 1 N–H and O–H groups in total. The summed E-state index contributed by atoms with van der Waals surface area (Å²) in [6, 6.07) is 5.27. The predicted molar refractivity (Wildman–Crippen MR) is 77.2 cm³/mol. The van der Waals surface area contributed by atoms with Crippen molar-refractivity contribution in [1.29, 1.82) is 0 Å². The molecule has 0 bridgehead atoms. The van der Waals surface area contributed by atoms with E-state index in [1.807, 2.05) is 0 Å². The minimum Gasteiger partial charge on any atom is -0.495 e. The van der Waals surface area contributed by atoms with Crippen LogP contribution in [0.4, 0.5) is 0 Å². The average molecular weight is 282 g/mol. The number of ketones is 1. The van der Waals surface area contributed by atoms with Gasteiger partial charge >= 0.3 is 0 Å². The summed E-state index contributed by atoms with van der Waals surface area (Å²) in [5.41, 5.74) is 0.406. The maximum absolute atomic E-state index is 12.8. The molecule has 0 aromatic heterocycles. The lowest BCUT2D eigenvalue weighted by molar-refractivity contribution is 0.0730. The number of methoxy groups -OCH3 is 1. The number of rotatable bonds is 4. The summed E-state index contributed by atoms with van der Waals surface area (Å²) in [6.07, 6.45) is 2.84. The molecular formula is C15H20ClNO2. The van der Waals surface area contributed by atoms with E-state index in [1.165, 1.54) is 0 Å². The van der Waals surface area contributed by atoms with Crippen LogP contribution < -0.4 is 10.1 Å². The van der Waals surface area contributed by atoms with Crippen LogP contribution in [-0.2, 0) is 0 Å². The molecule has 2 rings (SSSR count). The van der Waals surface area contributed by atoms with Crippen LogP contribution in [0.15, 0.2) is 18.2 Å². The first-order valence-corrected chi connectivity index (χ1v) is 7.10. The topological polar surface area (TPSA) is 38.3 Å². The van der Waals surface area contributed by atoms with Gasteiger partial charge in [-0.25, -0.2) is 0 Å². The fourth-order valence-corrected chi connectivity index (χ4v) is 2.93. The first-order valence-electron chi connectivity index (χ1n) is 6.72. The van der Waals surface area contributed by atoms with Crippen molar-refractivity contribution < 1.29 is 9.53 Å². The van der Waals surface area contributed by atoms with Gasteiger partial charge in [0.1, 0.15) is 5.75 Å². The molecule has 1 aromatic rings. The van der Waals surface area contributed by atoms with Gasteiger partial charge in [0, 0.05) is 17.5 Å². The number of benzene rings is 1. The molecule has 0 spiro atoms. The van der Waals surface area contributed by atoms with Crippen LogP contribution in [0.5, 0.6) is 5.75 Å². The number of piperidine rings is 1. The number of hydrogen-bond acceptors (Lipinski definition) is 3. The van der Waals surface area contributed by atoms with Crippen molar-refractivity contribution in [2.45, 2.75) is 26.2 Å². The summed E-state index contributed by atoms with van der Waals surface area (Å²) < 4.78 is 5.19. The number of ether oxygens (including phenoxy) is 1. The summed E-state index contributed by atoms with van der Waals surface area (Å²) in [5, 5.41) is 3.87. The number of carbonyl (C=O) groups is 1. The molecule has 1 aromatic carbocycles. The number of halogens is 1. The molecule has 4 heteroatoms. The Morgan fingerprint density at radius 1 is 1.53 bits per heavy atom. The summed E-state index contributed by atoms with van der Waals surface area (Å²) in [7, 11) is 1.56. The highest BCUT2D eigenvalue weighted by atomic mass is 35.5. The summed E-state index contributed by atoms with van der Waals surface area (Å²) in [4.78, 5) is 12.8. The van der Waals surface area contributed by atoms with Gasteiger partial charge in [-0.15, -0.1) is 0 Å². The Bertz CT molecular complexity index is 467. The van der Waals surface area contributed by atoms with E-state index in [0.717, 1.165) is 32.4 Å². The second kappa shape index (κ2) is 5.93. The van der Waals surface area contributed by atoms with Gasteiger partial charge in [-0.1, -0.05) is 18.5 Å². The molecular weight excluding hydrogens is 262 g/mol. The van der Waals surface area contributed by atoms with Crippen LogP contribution in [0.1, 0.15) is 36.5 Å². The van der Waals surface area contributed by atoms with Crippen LogP contribution in [0.25, 0.3) is 0 Å². The fourth-order valence-electron chi connectivity index (χ4n) is 2.73. The molecule has 0 aliphatic carbocycles. The van der Waals surface area contributed by atoms with Crippen LogP contribution in [0.3, 0.4) is 0 Å². The molecule has 1 aliphatic rings. The van der Waals surface area contributed by atoms with Crippen molar-refractivity contribution in [1.82, 2.24) is 5.32 Å². The number of carbonyl (C=O) groups excluding carboxylic acids is 1. The van der Waals surface area contributed by atoms with E-state index in [4.69, 9.17) is 16.3 Å². The minimum absolute atomic E-state index is 0.192. The highest BCUT2D eigenvalue weighted by Gasteiger charge is 2.38. The highest BCUT2D eigenvalue weighted by molar-refractivity contribution is 6.32. The van der Waals surface area contributed by atoms with Gasteiger partial charge in [-0.3, -0.25) is 4.79 Å². The van der Waals surface area contributed by atoms with Gasteiger partial charge in [0.2, 0.25) is 0 Å². The lowest BCUT2D eigenvalue weighted by Crippen LogP contribution is -2.45. The molecule has 1 unspecified atom stereocenters. The van der Waals surface area contributed by atoms with Gasteiger partial charge in [0.25, 0.3) is 0 Å². The van der Waals surface area contributed by atoms with Gasteiger partial charge < -0.3 is 10.1 Å². The van der Waals surface area contributed by atoms with Crippen LogP contribution in [-0.4, -0.2) is 26.0 Å². The van der Waals surface area contributed by atoms with Crippen LogP contribution in [0.2, 0.25) is 5.02 Å². The number of hydrogen-bond donors (Lipinski definition) is 1. The Labute approximate surface area is 119 Å². The zero-order chi connectivity index (χ0) is 13.9. The van der Waals surface area contributed by atoms with E-state index in [0.29, 0.717) is 16.3 Å². The number of Topliss-reactive ketones (excluding diaryl/α,β-unsaturated/α-hetero) is 1. The van der Waals surface area contributed by atoms with Crippen molar-refractivity contribution >= 4 is 17.4 Å². The molecule has 1 heterocycles. The molecule has 0 amide bonds. The van der Waals surface area contributed by atoms with Crippen molar-refractivity contribution in [3.63, 3.8) is 0 Å². The smallest absolute Gasteiger partial charge is 0.170 e. The number of nitrogens with one attached hydrogen (secondary N) is 1. The Balaban J connectivity index is 2.31. The van der Waals surface area contributed by atoms with Gasteiger partial charge in [0.15, 0.2) is 5.78 Å². The Morgan fingerprint density at radius 2 is 2.32 bits per heavy atom. The quantitative estimate of drug-likeness (QED) is 0.861. The van der Waals surface area contributed by atoms with Crippen LogP contribution in [0, 0.1) is 5.41 Å². The van der Waals surface area contributed by atoms with Gasteiger partial charge in [0.05, 0.1) is 12.1 Å². The first-order chi connectivity index (χ1) is 9.13. The molecule has 0 saturated carbocycles. The molecule has 19 heavy (non-hydrogen) atoms. The highest BCUT2D eigenvalue weighted by Crippen LogP contribution is 2.35. The second-order valence-electron chi connectivity index (χ2n) is 5.09. The van der Waals surface area contributed by atoms with Crippen molar-refractivity contribution in [2.24, 2.45) is 5.41 Å². The molecule has 0 radical (unpaired) electrons. The molecule has 104 valence electrons. The molecule has 1 saturated heterocycles. The summed E-state index contributed by atoms with van der Waals surface area (Å²) in [5.74, 6) is 0.750. The standard InChI is InChI=1S/C15H20ClNO2/c1-3-15(7-4-8-17-10-15)14(18)11-5-6-12(16)13(9-11)19-2/h5-6,9,17H,3-4,7-8,10H2,1-2H3. The normalized spacial score (nSPS) is 23.1. The van der Waals surface area contributed by atoms with E-state index in [9.17, 15) is 4.79 Å². The largest absolute Gasteiger partial charge is 0.495 e. The van der Waals surface area contributed by atoms with E-state index in [2.05, 4.69) is 12.2 Å². The Kier molecular flexibility index (Phi) is 4.48. The predicted octanol–water partition coefficient (Wildman–Crippen LogP) is 3.31. The lowest BCUT2D eigenvalue weighted by atomic mass is 9.73.